The topological polar surface area (TPSA) is 39.3 Å². The van der Waals surface area contributed by atoms with Crippen molar-refractivity contribution in [1.29, 1.82) is 0 Å². The van der Waals surface area contributed by atoms with Crippen LogP contribution < -0.4 is 9.77 Å². The van der Waals surface area contributed by atoms with Gasteiger partial charge in [0.2, 0.25) is 0 Å². The van der Waals surface area contributed by atoms with E-state index < -0.39 is 0 Å². The Morgan fingerprint density at radius 1 is 1.08 bits per heavy atom. The second-order valence-electron chi connectivity index (χ2n) is 7.09. The summed E-state index contributed by atoms with van der Waals surface area (Å²) >= 11 is 1.30. The van der Waals surface area contributed by atoms with Gasteiger partial charge in [-0.15, -0.1) is 0 Å². The SMILES string of the molecule is CC(CCc1ccc2[nH]c(=O)sc2c1)N1CCN(c2ccccc2)CC1. The Morgan fingerprint density at radius 2 is 1.85 bits per heavy atom. The molecule has 0 radical (unpaired) electrons. The third kappa shape index (κ3) is 3.84. The largest absolute Gasteiger partial charge is 0.369 e. The van der Waals surface area contributed by atoms with Crippen LogP contribution >= 0.6 is 11.3 Å². The van der Waals surface area contributed by atoms with Crippen molar-refractivity contribution < 1.29 is 0 Å². The molecule has 4 rings (SSSR count). The van der Waals surface area contributed by atoms with Crippen LogP contribution in [0.5, 0.6) is 0 Å². The number of aromatic amines is 1. The Bertz CT molecular complexity index is 910. The van der Waals surface area contributed by atoms with E-state index in [1.54, 1.807) is 0 Å². The first-order valence-electron chi connectivity index (χ1n) is 9.35. The monoisotopic (exact) mass is 367 g/mol. The number of thiazole rings is 1. The highest BCUT2D eigenvalue weighted by Gasteiger charge is 2.21. The first-order chi connectivity index (χ1) is 12.7. The maximum Gasteiger partial charge on any atom is 0.305 e. The maximum absolute atomic E-state index is 11.5. The van der Waals surface area contributed by atoms with Crippen LogP contribution in [-0.2, 0) is 6.42 Å². The number of anilines is 1. The highest BCUT2D eigenvalue weighted by atomic mass is 32.1. The lowest BCUT2D eigenvalue weighted by molar-refractivity contribution is 0.189. The van der Waals surface area contributed by atoms with Crippen molar-refractivity contribution in [3.8, 4) is 0 Å². The van der Waals surface area contributed by atoms with Gasteiger partial charge < -0.3 is 9.88 Å². The van der Waals surface area contributed by atoms with Gasteiger partial charge in [0.05, 0.1) is 10.2 Å². The highest BCUT2D eigenvalue weighted by molar-refractivity contribution is 7.16. The number of aryl methyl sites for hydroxylation is 1. The quantitative estimate of drug-likeness (QED) is 0.747. The smallest absolute Gasteiger partial charge is 0.305 e. The van der Waals surface area contributed by atoms with Crippen LogP contribution in [0, 0.1) is 0 Å². The molecule has 0 saturated carbocycles. The second kappa shape index (κ2) is 7.64. The minimum Gasteiger partial charge on any atom is -0.369 e. The zero-order chi connectivity index (χ0) is 17.9. The molecule has 1 atom stereocenters. The predicted molar refractivity (Wildman–Crippen MR) is 110 cm³/mol. The van der Waals surface area contributed by atoms with Gasteiger partial charge in [0.15, 0.2) is 0 Å². The first-order valence-corrected chi connectivity index (χ1v) is 10.2. The van der Waals surface area contributed by atoms with Crippen molar-refractivity contribution in [2.45, 2.75) is 25.8 Å². The number of para-hydroxylation sites is 1. The molecular formula is C21H25N3OS. The van der Waals surface area contributed by atoms with E-state index in [-0.39, 0.29) is 4.87 Å². The van der Waals surface area contributed by atoms with Crippen molar-refractivity contribution in [2.24, 2.45) is 0 Å². The molecule has 1 aliphatic rings. The number of H-pyrrole nitrogens is 1. The fourth-order valence-corrected chi connectivity index (χ4v) is 4.56. The van der Waals surface area contributed by atoms with Gasteiger partial charge in [-0.2, -0.15) is 0 Å². The van der Waals surface area contributed by atoms with Crippen LogP contribution in [0.1, 0.15) is 18.9 Å². The summed E-state index contributed by atoms with van der Waals surface area (Å²) in [5.41, 5.74) is 3.61. The molecule has 136 valence electrons. The van der Waals surface area contributed by atoms with Crippen molar-refractivity contribution >= 4 is 27.2 Å². The number of hydrogen-bond donors (Lipinski definition) is 1. The number of rotatable bonds is 5. The molecule has 5 heteroatoms. The van der Waals surface area contributed by atoms with Crippen molar-refractivity contribution in [1.82, 2.24) is 9.88 Å². The molecule has 1 saturated heterocycles. The van der Waals surface area contributed by atoms with Crippen LogP contribution in [0.2, 0.25) is 0 Å². The molecule has 26 heavy (non-hydrogen) atoms. The number of nitrogens with zero attached hydrogens (tertiary/aromatic N) is 2. The van der Waals surface area contributed by atoms with Gasteiger partial charge in [-0.05, 0) is 49.6 Å². The first kappa shape index (κ1) is 17.3. The summed E-state index contributed by atoms with van der Waals surface area (Å²) in [6.07, 6.45) is 2.21. The van der Waals surface area contributed by atoms with Gasteiger partial charge in [0.25, 0.3) is 0 Å². The lowest BCUT2D eigenvalue weighted by atomic mass is 10.0. The van der Waals surface area contributed by atoms with Crippen LogP contribution in [0.25, 0.3) is 10.2 Å². The molecule has 0 aliphatic carbocycles. The molecule has 2 heterocycles. The minimum absolute atomic E-state index is 0.0294. The van der Waals surface area contributed by atoms with E-state index in [2.05, 4.69) is 64.2 Å². The Morgan fingerprint density at radius 3 is 2.62 bits per heavy atom. The second-order valence-corrected chi connectivity index (χ2v) is 8.11. The van der Waals surface area contributed by atoms with Crippen LogP contribution in [-0.4, -0.2) is 42.1 Å². The fraction of sp³-hybridized carbons (Fsp3) is 0.381. The summed E-state index contributed by atoms with van der Waals surface area (Å²) in [6, 6.07) is 17.6. The molecule has 0 bridgehead atoms. The number of benzene rings is 2. The minimum atomic E-state index is 0.0294. The average Bonchev–Trinajstić information content (AvgIpc) is 3.06. The van der Waals surface area contributed by atoms with E-state index >= 15 is 0 Å². The summed E-state index contributed by atoms with van der Waals surface area (Å²) in [5.74, 6) is 0. The zero-order valence-corrected chi connectivity index (χ0v) is 16.0. The zero-order valence-electron chi connectivity index (χ0n) is 15.1. The third-order valence-electron chi connectivity index (χ3n) is 5.40. The van der Waals surface area contributed by atoms with Crippen LogP contribution in [0.4, 0.5) is 5.69 Å². The summed E-state index contributed by atoms with van der Waals surface area (Å²) in [5, 5.41) is 0. The number of nitrogens with one attached hydrogen (secondary N) is 1. The van der Waals surface area contributed by atoms with Gasteiger partial charge in [0, 0.05) is 37.9 Å². The number of hydrogen-bond acceptors (Lipinski definition) is 4. The van der Waals surface area contributed by atoms with E-state index in [1.165, 1.54) is 22.6 Å². The predicted octanol–water partition coefficient (Wildman–Crippen LogP) is 3.73. The van der Waals surface area contributed by atoms with Crippen molar-refractivity contribution in [3.63, 3.8) is 0 Å². The molecule has 1 unspecified atom stereocenters. The molecule has 1 N–H and O–H groups in total. The van der Waals surface area contributed by atoms with Crippen molar-refractivity contribution in [2.75, 3.05) is 31.1 Å². The number of fused-ring (bicyclic) bond motifs is 1. The fourth-order valence-electron chi connectivity index (χ4n) is 3.76. The standard InChI is InChI=1S/C21H25N3OS/c1-16(7-8-17-9-10-19-20(15-17)26-21(25)22-19)23-11-13-24(14-12-23)18-5-3-2-4-6-18/h2-6,9-10,15-16H,7-8,11-14H2,1H3,(H,22,25). The molecule has 4 nitrogen and oxygen atoms in total. The highest BCUT2D eigenvalue weighted by Crippen LogP contribution is 2.20. The summed E-state index contributed by atoms with van der Waals surface area (Å²) in [7, 11) is 0. The van der Waals surface area contributed by atoms with E-state index in [4.69, 9.17) is 0 Å². The van der Waals surface area contributed by atoms with E-state index in [9.17, 15) is 4.79 Å². The van der Waals surface area contributed by atoms with E-state index in [0.29, 0.717) is 6.04 Å². The summed E-state index contributed by atoms with van der Waals surface area (Å²) in [6.45, 7) is 6.77. The third-order valence-corrected chi connectivity index (χ3v) is 6.24. The van der Waals surface area contributed by atoms with Crippen molar-refractivity contribution in [3.05, 3.63) is 63.8 Å². The maximum atomic E-state index is 11.5. The Labute approximate surface area is 158 Å². The number of aromatic nitrogens is 1. The van der Waals surface area contributed by atoms with Gasteiger partial charge in [0.1, 0.15) is 0 Å². The molecule has 3 aromatic rings. The van der Waals surface area contributed by atoms with E-state index in [0.717, 1.165) is 49.2 Å². The molecule has 1 fully saturated rings. The molecule has 1 aromatic heterocycles. The Hall–Kier alpha value is -2.11. The molecular weight excluding hydrogens is 342 g/mol. The summed E-state index contributed by atoms with van der Waals surface area (Å²) in [4.78, 5) is 19.4. The molecule has 1 aliphatic heterocycles. The van der Waals surface area contributed by atoms with Crippen LogP contribution in [0.3, 0.4) is 0 Å². The number of piperazine rings is 1. The lowest BCUT2D eigenvalue weighted by Gasteiger charge is -2.39. The summed E-state index contributed by atoms with van der Waals surface area (Å²) < 4.78 is 1.07. The van der Waals surface area contributed by atoms with E-state index in [1.807, 2.05) is 6.07 Å². The van der Waals surface area contributed by atoms with Gasteiger partial charge in [-0.25, -0.2) is 0 Å². The average molecular weight is 368 g/mol. The Kier molecular flexibility index (Phi) is 5.09. The van der Waals surface area contributed by atoms with Gasteiger partial charge in [-0.3, -0.25) is 9.69 Å². The van der Waals surface area contributed by atoms with Gasteiger partial charge in [-0.1, -0.05) is 35.6 Å². The molecule has 0 spiro atoms. The normalized spacial score (nSPS) is 16.9. The molecule has 2 aromatic carbocycles. The van der Waals surface area contributed by atoms with Gasteiger partial charge >= 0.3 is 4.87 Å². The molecule has 0 amide bonds. The van der Waals surface area contributed by atoms with Crippen LogP contribution in [0.15, 0.2) is 53.3 Å². The Balaban J connectivity index is 1.31. The lowest BCUT2D eigenvalue weighted by Crippen LogP contribution is -2.49.